The van der Waals surface area contributed by atoms with Crippen molar-refractivity contribution in [1.82, 2.24) is 35.5 Å². The topological polar surface area (TPSA) is 128 Å². The van der Waals surface area contributed by atoms with Gasteiger partial charge in [0.05, 0.1) is 41.3 Å². The molecule has 5 unspecified atom stereocenters. The fourth-order valence-corrected chi connectivity index (χ4v) is 8.74. The molecule has 9 rings (SSSR count). The second kappa shape index (κ2) is 11.6. The van der Waals surface area contributed by atoms with Crippen molar-refractivity contribution in [3.05, 3.63) is 72.3 Å². The molecule has 1 saturated carbocycles. The molecule has 0 radical (unpaired) electrons. The molecule has 2 saturated heterocycles. The molecule has 2 aromatic heterocycles. The molecule has 10 heteroatoms. The number of fused-ring (bicyclic) bond motifs is 8. The van der Waals surface area contributed by atoms with E-state index in [9.17, 15) is 9.59 Å². The summed E-state index contributed by atoms with van der Waals surface area (Å²) in [6, 6.07) is 21.4. The molecule has 6 aromatic rings. The molecule has 3 aliphatic rings. The van der Waals surface area contributed by atoms with Crippen LogP contribution in [0.25, 0.3) is 54.7 Å². The van der Waals surface area contributed by atoms with E-state index in [0.29, 0.717) is 12.0 Å². The van der Waals surface area contributed by atoms with Crippen molar-refractivity contribution in [2.75, 3.05) is 13.7 Å². The average Bonchev–Trinajstić information content (AvgIpc) is 3.96. The van der Waals surface area contributed by atoms with E-state index in [1.165, 1.54) is 18.9 Å². The number of nitrogens with zero attached hydrogens (tertiary/aromatic N) is 3. The van der Waals surface area contributed by atoms with Crippen molar-refractivity contribution in [2.45, 2.75) is 70.1 Å². The van der Waals surface area contributed by atoms with Crippen LogP contribution in [0.5, 0.6) is 0 Å². The number of hydrogen-bond donors (Lipinski definition) is 4. The molecule has 3 fully saturated rings. The van der Waals surface area contributed by atoms with Gasteiger partial charge in [-0.05, 0) is 96.6 Å². The van der Waals surface area contributed by atoms with Crippen LogP contribution in [0.15, 0.2) is 60.7 Å². The van der Waals surface area contributed by atoms with Crippen LogP contribution in [0.2, 0.25) is 0 Å². The van der Waals surface area contributed by atoms with Crippen molar-refractivity contribution in [3.63, 3.8) is 0 Å². The molecule has 2 bridgehead atoms. The van der Waals surface area contributed by atoms with E-state index in [0.717, 1.165) is 93.2 Å². The van der Waals surface area contributed by atoms with E-state index in [1.54, 1.807) is 0 Å². The van der Waals surface area contributed by atoms with Crippen LogP contribution in [-0.4, -0.2) is 62.6 Å². The van der Waals surface area contributed by atoms with Crippen LogP contribution in [0.1, 0.15) is 69.7 Å². The Balaban J connectivity index is 1.04. The van der Waals surface area contributed by atoms with Gasteiger partial charge in [-0.25, -0.2) is 14.8 Å². The third kappa shape index (κ3) is 4.95. The van der Waals surface area contributed by atoms with E-state index in [4.69, 9.17) is 14.7 Å². The Morgan fingerprint density at radius 1 is 0.857 bits per heavy atom. The fraction of sp³-hybridized carbons (Fsp3) is 0.385. The Morgan fingerprint density at radius 3 is 2.12 bits per heavy atom. The highest BCUT2D eigenvalue weighted by molar-refractivity contribution is 6.07. The van der Waals surface area contributed by atoms with Crippen molar-refractivity contribution < 1.29 is 14.3 Å². The number of benzene rings is 4. The molecule has 4 aromatic carbocycles. The van der Waals surface area contributed by atoms with Crippen LogP contribution in [0.4, 0.5) is 4.79 Å². The number of amides is 2. The minimum atomic E-state index is -0.662. The van der Waals surface area contributed by atoms with Gasteiger partial charge < -0.3 is 30.2 Å². The quantitative estimate of drug-likeness (QED) is 0.149. The second-order valence-corrected chi connectivity index (χ2v) is 14.5. The van der Waals surface area contributed by atoms with Gasteiger partial charge in [0, 0.05) is 16.8 Å². The summed E-state index contributed by atoms with van der Waals surface area (Å²) in [4.78, 5) is 45.5. The zero-order valence-corrected chi connectivity index (χ0v) is 28.0. The van der Waals surface area contributed by atoms with E-state index in [2.05, 4.69) is 81.3 Å². The molecule has 250 valence electrons. The smallest absolute Gasteiger partial charge is 0.407 e. The number of ether oxygens (including phenoxy) is 1. The number of H-pyrrole nitrogens is 2. The summed E-state index contributed by atoms with van der Waals surface area (Å²) in [5, 5.41) is 10.8. The molecule has 10 nitrogen and oxygen atoms in total. The first-order valence-corrected chi connectivity index (χ1v) is 17.6. The molecule has 2 aliphatic heterocycles. The minimum Gasteiger partial charge on any atom is -0.453 e. The maximum atomic E-state index is 14.0. The number of aromatic amines is 2. The molecular weight excluding hydrogens is 614 g/mol. The molecule has 0 spiro atoms. The summed E-state index contributed by atoms with van der Waals surface area (Å²) in [6.07, 6.45) is 4.70. The number of alkyl carbamates (subject to hydrolysis) is 1. The summed E-state index contributed by atoms with van der Waals surface area (Å²) < 4.78 is 4.84. The van der Waals surface area contributed by atoms with Gasteiger partial charge in [0.1, 0.15) is 17.7 Å². The predicted octanol–water partition coefficient (Wildman–Crippen LogP) is 7.27. The van der Waals surface area contributed by atoms with E-state index in [1.807, 2.05) is 18.7 Å². The fourth-order valence-electron chi connectivity index (χ4n) is 8.74. The first-order chi connectivity index (χ1) is 23.9. The number of methoxy groups -OCH3 is 1. The van der Waals surface area contributed by atoms with Crippen LogP contribution < -0.4 is 10.6 Å². The van der Waals surface area contributed by atoms with Gasteiger partial charge in [-0.3, -0.25) is 4.79 Å². The van der Waals surface area contributed by atoms with Gasteiger partial charge in [-0.1, -0.05) is 50.2 Å². The van der Waals surface area contributed by atoms with E-state index >= 15 is 0 Å². The monoisotopic (exact) mass is 655 g/mol. The van der Waals surface area contributed by atoms with Crippen molar-refractivity contribution in [2.24, 2.45) is 11.8 Å². The Labute approximate surface area is 284 Å². The van der Waals surface area contributed by atoms with Gasteiger partial charge in [-0.15, -0.1) is 0 Å². The summed E-state index contributed by atoms with van der Waals surface area (Å²) in [7, 11) is 1.32. The lowest BCUT2D eigenvalue weighted by molar-refractivity contribution is -0.139. The Morgan fingerprint density at radius 2 is 1.51 bits per heavy atom. The zero-order valence-electron chi connectivity index (χ0n) is 28.0. The van der Waals surface area contributed by atoms with Gasteiger partial charge in [0.25, 0.3) is 0 Å². The van der Waals surface area contributed by atoms with Gasteiger partial charge >= 0.3 is 6.09 Å². The minimum absolute atomic E-state index is 0.0674. The number of aromatic nitrogens is 4. The number of carbonyl (C=O) groups is 2. The number of piperidine rings is 1. The molecule has 4 N–H and O–H groups in total. The molecule has 49 heavy (non-hydrogen) atoms. The molecule has 5 atom stereocenters. The summed E-state index contributed by atoms with van der Waals surface area (Å²) >= 11 is 0. The van der Waals surface area contributed by atoms with Gasteiger partial charge in [0.2, 0.25) is 5.91 Å². The van der Waals surface area contributed by atoms with Gasteiger partial charge in [0.15, 0.2) is 0 Å². The third-order valence-corrected chi connectivity index (χ3v) is 11.2. The number of rotatable bonds is 6. The Kier molecular flexibility index (Phi) is 7.12. The number of nitrogens with one attached hydrogen (secondary N) is 4. The number of imidazole rings is 2. The zero-order chi connectivity index (χ0) is 33.4. The highest BCUT2D eigenvalue weighted by atomic mass is 16.5. The Bertz CT molecular complexity index is 2270. The highest BCUT2D eigenvalue weighted by Gasteiger charge is 2.51. The van der Waals surface area contributed by atoms with E-state index < -0.39 is 12.1 Å². The Hall–Kier alpha value is -4.96. The largest absolute Gasteiger partial charge is 0.453 e. The first-order valence-electron chi connectivity index (χ1n) is 17.6. The van der Waals surface area contributed by atoms with Crippen LogP contribution in [0, 0.1) is 11.8 Å². The lowest BCUT2D eigenvalue weighted by atomic mass is 9.95. The number of hydrogen-bond acceptors (Lipinski definition) is 6. The maximum absolute atomic E-state index is 14.0. The van der Waals surface area contributed by atoms with E-state index in [-0.39, 0.29) is 23.9 Å². The van der Waals surface area contributed by atoms with Crippen molar-refractivity contribution >= 4 is 55.6 Å². The summed E-state index contributed by atoms with van der Waals surface area (Å²) in [5.41, 5.74) is 6.27. The lowest BCUT2D eigenvalue weighted by Crippen LogP contribution is -2.54. The van der Waals surface area contributed by atoms with Crippen molar-refractivity contribution in [1.29, 1.82) is 0 Å². The highest BCUT2D eigenvalue weighted by Crippen LogP contribution is 2.50. The maximum Gasteiger partial charge on any atom is 0.407 e. The molecule has 4 heterocycles. The average molecular weight is 656 g/mol. The molecular formula is C39H41N7O3. The lowest BCUT2D eigenvalue weighted by Gasteiger charge is -2.37. The summed E-state index contributed by atoms with van der Waals surface area (Å²) in [5.74, 6) is 2.03. The second-order valence-electron chi connectivity index (χ2n) is 14.5. The number of carbonyl (C=O) groups excluding carboxylic acids is 2. The van der Waals surface area contributed by atoms with Crippen LogP contribution >= 0.6 is 0 Å². The first kappa shape index (κ1) is 30.1. The van der Waals surface area contributed by atoms with Gasteiger partial charge in [-0.2, -0.15) is 0 Å². The normalized spacial score (nSPS) is 22.7. The SMILES string of the molecule is COC(=O)NC(C(=O)N1C2CCC(C2)C1c1nc2c(ccc3cc(-c4ccc5c(ccc6[nH]c(C7CCCN7)nc65)c4)ccc32)[nH]1)C(C)C. The van der Waals surface area contributed by atoms with Crippen LogP contribution in [0.3, 0.4) is 0 Å². The predicted molar refractivity (Wildman–Crippen MR) is 191 cm³/mol. The van der Waals surface area contributed by atoms with Crippen LogP contribution in [-0.2, 0) is 9.53 Å². The molecule has 2 amide bonds. The van der Waals surface area contributed by atoms with Crippen molar-refractivity contribution in [3.8, 4) is 11.1 Å². The number of likely N-dealkylation sites (tertiary alicyclic amines) is 1. The third-order valence-electron chi connectivity index (χ3n) is 11.2. The standard InChI is InChI=1S/C39H41N7O3/c1-20(2)32(45-39(48)49-3)38(47)46-26-11-6-25(19-26)35(46)37-42-30-15-10-24-18-22(8-13-28(24)34(30)44-37)21-7-12-27-23(17-21)9-14-29-33(27)43-36(41-29)31-5-4-16-40-31/h7-10,12-15,17-18,20,25-26,31-32,35,40H,4-6,11,16,19H2,1-3H3,(H,41,43)(H,42,44)(H,45,48). The molecule has 1 aliphatic carbocycles. The summed E-state index contributed by atoms with van der Waals surface area (Å²) in [6.45, 7) is 4.94.